The van der Waals surface area contributed by atoms with Gasteiger partial charge >= 0.3 is 0 Å². The number of hydrogen-bond donors (Lipinski definition) is 2. The molecule has 0 aliphatic heterocycles. The van der Waals surface area contributed by atoms with Crippen molar-refractivity contribution in [3.8, 4) is 0 Å². The minimum absolute atomic E-state index is 0.664. The highest BCUT2D eigenvalue weighted by Crippen LogP contribution is 2.09. The number of hydrogen-bond acceptors (Lipinski definition) is 2. The number of rotatable bonds is 8. The van der Waals surface area contributed by atoms with Crippen molar-refractivity contribution in [2.75, 3.05) is 19.6 Å². The van der Waals surface area contributed by atoms with Gasteiger partial charge in [0.15, 0.2) is 0 Å². The second-order valence-electron chi connectivity index (χ2n) is 4.29. The molecule has 3 N–H and O–H groups in total. The van der Waals surface area contributed by atoms with E-state index in [1.807, 2.05) is 0 Å². The van der Waals surface area contributed by atoms with Gasteiger partial charge in [0.25, 0.3) is 0 Å². The predicted octanol–water partition coefficient (Wildman–Crippen LogP) is 2.00. The normalized spacial score (nSPS) is 13.6. The zero-order valence-electron chi connectivity index (χ0n) is 9.47. The fraction of sp³-hybridized carbons (Fsp3) is 1.00. The van der Waals surface area contributed by atoms with Crippen LogP contribution < -0.4 is 11.1 Å². The molecule has 0 bridgehead atoms. The Hall–Kier alpha value is -0.0800. The maximum absolute atomic E-state index is 5.70. The molecule has 0 aromatic rings. The highest BCUT2D eigenvalue weighted by Gasteiger charge is 2.07. The van der Waals surface area contributed by atoms with Crippen LogP contribution in [-0.2, 0) is 0 Å². The molecule has 80 valence electrons. The van der Waals surface area contributed by atoms with Gasteiger partial charge in [-0.2, -0.15) is 0 Å². The van der Waals surface area contributed by atoms with Gasteiger partial charge in [-0.15, -0.1) is 0 Å². The van der Waals surface area contributed by atoms with Crippen LogP contribution in [0.1, 0.15) is 40.0 Å². The van der Waals surface area contributed by atoms with Crippen LogP contribution in [0.15, 0.2) is 0 Å². The zero-order chi connectivity index (χ0) is 10.1. The van der Waals surface area contributed by atoms with Gasteiger partial charge in [-0.3, -0.25) is 0 Å². The van der Waals surface area contributed by atoms with Crippen molar-refractivity contribution in [1.29, 1.82) is 0 Å². The van der Waals surface area contributed by atoms with Crippen molar-refractivity contribution in [2.45, 2.75) is 40.0 Å². The largest absolute Gasteiger partial charge is 0.330 e. The average Bonchev–Trinajstić information content (AvgIpc) is 2.09. The van der Waals surface area contributed by atoms with E-state index in [4.69, 9.17) is 5.73 Å². The first-order valence-electron chi connectivity index (χ1n) is 5.61. The maximum Gasteiger partial charge on any atom is -0.000836 e. The molecular formula is C11H26N2. The molecule has 0 radical (unpaired) electrons. The van der Waals surface area contributed by atoms with Gasteiger partial charge in [0, 0.05) is 0 Å². The summed E-state index contributed by atoms with van der Waals surface area (Å²) in [6, 6.07) is 0. The van der Waals surface area contributed by atoms with E-state index in [-0.39, 0.29) is 0 Å². The molecule has 13 heavy (non-hydrogen) atoms. The van der Waals surface area contributed by atoms with E-state index in [2.05, 4.69) is 26.1 Å². The summed E-state index contributed by atoms with van der Waals surface area (Å²) in [4.78, 5) is 0. The Kier molecular flexibility index (Phi) is 8.46. The lowest BCUT2D eigenvalue weighted by molar-refractivity contribution is 0.393. The summed E-state index contributed by atoms with van der Waals surface area (Å²) in [5, 5.41) is 3.46. The van der Waals surface area contributed by atoms with Crippen LogP contribution >= 0.6 is 0 Å². The van der Waals surface area contributed by atoms with Crippen LogP contribution in [0.25, 0.3) is 0 Å². The van der Waals surface area contributed by atoms with Crippen molar-refractivity contribution < 1.29 is 0 Å². The van der Waals surface area contributed by atoms with Crippen molar-refractivity contribution in [3.05, 3.63) is 0 Å². The first-order valence-corrected chi connectivity index (χ1v) is 5.61. The molecule has 0 aromatic heterocycles. The summed E-state index contributed by atoms with van der Waals surface area (Å²) >= 11 is 0. The predicted molar refractivity (Wildman–Crippen MR) is 59.8 cm³/mol. The van der Waals surface area contributed by atoms with Gasteiger partial charge in [-0.1, -0.05) is 27.2 Å². The van der Waals surface area contributed by atoms with E-state index in [0.29, 0.717) is 5.92 Å². The minimum atomic E-state index is 0.664. The summed E-state index contributed by atoms with van der Waals surface area (Å²) < 4.78 is 0. The van der Waals surface area contributed by atoms with Crippen molar-refractivity contribution in [3.63, 3.8) is 0 Å². The Morgan fingerprint density at radius 2 is 2.00 bits per heavy atom. The average molecular weight is 186 g/mol. The summed E-state index contributed by atoms with van der Waals surface area (Å²) in [5.41, 5.74) is 5.70. The van der Waals surface area contributed by atoms with Gasteiger partial charge in [0.1, 0.15) is 0 Å². The molecule has 2 heteroatoms. The van der Waals surface area contributed by atoms with Crippen molar-refractivity contribution >= 4 is 0 Å². The van der Waals surface area contributed by atoms with Crippen LogP contribution in [0.5, 0.6) is 0 Å². The van der Waals surface area contributed by atoms with Gasteiger partial charge < -0.3 is 11.1 Å². The summed E-state index contributed by atoms with van der Waals surface area (Å²) in [5.74, 6) is 1.43. The fourth-order valence-corrected chi connectivity index (χ4v) is 1.54. The first kappa shape index (κ1) is 12.9. The van der Waals surface area contributed by atoms with Crippen LogP contribution in [0.4, 0.5) is 0 Å². The molecule has 0 amide bonds. The van der Waals surface area contributed by atoms with Gasteiger partial charge in [-0.25, -0.2) is 0 Å². The SMILES string of the molecule is CCCCNCC(CN)CC(C)C. The summed E-state index contributed by atoms with van der Waals surface area (Å²) in [6.45, 7) is 9.79. The Labute approximate surface area is 83.3 Å². The van der Waals surface area contributed by atoms with Crippen LogP contribution in [-0.4, -0.2) is 19.6 Å². The monoisotopic (exact) mass is 186 g/mol. The summed E-state index contributed by atoms with van der Waals surface area (Å²) in [6.07, 6.45) is 3.79. The lowest BCUT2D eigenvalue weighted by Crippen LogP contribution is -2.29. The van der Waals surface area contributed by atoms with E-state index >= 15 is 0 Å². The lowest BCUT2D eigenvalue weighted by Gasteiger charge is -2.17. The second-order valence-corrected chi connectivity index (χ2v) is 4.29. The maximum atomic E-state index is 5.70. The molecule has 0 saturated carbocycles. The molecule has 0 saturated heterocycles. The van der Waals surface area contributed by atoms with Gasteiger partial charge in [0.05, 0.1) is 0 Å². The van der Waals surface area contributed by atoms with E-state index in [9.17, 15) is 0 Å². The quantitative estimate of drug-likeness (QED) is 0.569. The molecule has 0 fully saturated rings. The lowest BCUT2D eigenvalue weighted by atomic mass is 9.97. The number of nitrogens with one attached hydrogen (secondary N) is 1. The van der Waals surface area contributed by atoms with E-state index < -0.39 is 0 Å². The van der Waals surface area contributed by atoms with Gasteiger partial charge in [-0.05, 0) is 44.3 Å². The fourth-order valence-electron chi connectivity index (χ4n) is 1.54. The molecule has 0 heterocycles. The summed E-state index contributed by atoms with van der Waals surface area (Å²) in [7, 11) is 0. The smallest absolute Gasteiger partial charge is 0.000836 e. The first-order chi connectivity index (χ1) is 6.20. The zero-order valence-corrected chi connectivity index (χ0v) is 9.47. The highest BCUT2D eigenvalue weighted by atomic mass is 14.9. The third-order valence-corrected chi connectivity index (χ3v) is 2.28. The van der Waals surface area contributed by atoms with E-state index in [1.165, 1.54) is 19.3 Å². The third kappa shape index (κ3) is 8.26. The van der Waals surface area contributed by atoms with Crippen LogP contribution in [0.2, 0.25) is 0 Å². The minimum Gasteiger partial charge on any atom is -0.330 e. The van der Waals surface area contributed by atoms with E-state index in [1.54, 1.807) is 0 Å². The Balaban J connectivity index is 3.36. The standard InChI is InChI=1S/C11H26N2/c1-4-5-6-13-9-11(8-12)7-10(2)3/h10-11,13H,4-9,12H2,1-3H3. The Bertz CT molecular complexity index is 102. The van der Waals surface area contributed by atoms with E-state index in [0.717, 1.165) is 25.6 Å². The van der Waals surface area contributed by atoms with Crippen molar-refractivity contribution in [1.82, 2.24) is 5.32 Å². The highest BCUT2D eigenvalue weighted by molar-refractivity contribution is 4.65. The molecular weight excluding hydrogens is 160 g/mol. The molecule has 0 aromatic carbocycles. The molecule has 0 spiro atoms. The third-order valence-electron chi connectivity index (χ3n) is 2.28. The second kappa shape index (κ2) is 8.52. The number of unbranched alkanes of at least 4 members (excludes halogenated alkanes) is 1. The van der Waals surface area contributed by atoms with Gasteiger partial charge in [0.2, 0.25) is 0 Å². The molecule has 0 aliphatic rings. The Morgan fingerprint density at radius 1 is 1.31 bits per heavy atom. The molecule has 2 nitrogen and oxygen atoms in total. The molecule has 1 atom stereocenters. The van der Waals surface area contributed by atoms with Crippen LogP contribution in [0.3, 0.4) is 0 Å². The van der Waals surface area contributed by atoms with Crippen molar-refractivity contribution in [2.24, 2.45) is 17.6 Å². The molecule has 0 rings (SSSR count). The molecule has 0 aliphatic carbocycles. The topological polar surface area (TPSA) is 38.0 Å². The Morgan fingerprint density at radius 3 is 2.46 bits per heavy atom. The number of nitrogens with two attached hydrogens (primary N) is 1. The molecule has 1 unspecified atom stereocenters. The van der Waals surface area contributed by atoms with Crippen LogP contribution in [0, 0.1) is 11.8 Å².